The summed E-state index contributed by atoms with van der Waals surface area (Å²) in [6.45, 7) is 0. The minimum atomic E-state index is -4.37. The Hall–Kier alpha value is -3.67. The van der Waals surface area contributed by atoms with Gasteiger partial charge in [-0.3, -0.25) is 9.78 Å². The molecule has 32 heavy (non-hydrogen) atoms. The topological polar surface area (TPSA) is 42.0 Å². The fourth-order valence-electron chi connectivity index (χ4n) is 4.02. The van der Waals surface area contributed by atoms with E-state index in [-0.39, 0.29) is 5.91 Å². The molecule has 6 heteroatoms. The molecule has 0 radical (unpaired) electrons. The lowest BCUT2D eigenvalue weighted by molar-refractivity contribution is -0.137. The second kappa shape index (κ2) is 7.48. The fraction of sp³-hybridized carbons (Fsp3) is 0.154. The smallest absolute Gasteiger partial charge is 0.341 e. The summed E-state index contributed by atoms with van der Waals surface area (Å²) in [6.07, 6.45) is -0.948. The monoisotopic (exact) mass is 432 g/mol. The molecule has 1 amide bonds. The number of aromatic nitrogens is 1. The maximum atomic E-state index is 13.0. The van der Waals surface area contributed by atoms with Gasteiger partial charge in [0.25, 0.3) is 5.91 Å². The van der Waals surface area contributed by atoms with E-state index in [0.29, 0.717) is 11.1 Å². The van der Waals surface area contributed by atoms with E-state index in [4.69, 9.17) is 0 Å². The molecule has 5 rings (SSSR count). The van der Waals surface area contributed by atoms with Gasteiger partial charge in [-0.2, -0.15) is 13.2 Å². The van der Waals surface area contributed by atoms with Gasteiger partial charge < -0.3 is 5.32 Å². The van der Waals surface area contributed by atoms with E-state index in [0.717, 1.165) is 47.0 Å². The molecule has 0 aliphatic heterocycles. The molecule has 1 aliphatic carbocycles. The summed E-state index contributed by atoms with van der Waals surface area (Å²) in [7, 11) is 0. The van der Waals surface area contributed by atoms with Crippen molar-refractivity contribution in [2.24, 2.45) is 0 Å². The maximum absolute atomic E-state index is 13.0. The number of benzene rings is 3. The zero-order valence-electron chi connectivity index (χ0n) is 17.0. The van der Waals surface area contributed by atoms with Gasteiger partial charge in [0.2, 0.25) is 0 Å². The number of amides is 1. The van der Waals surface area contributed by atoms with Crippen molar-refractivity contribution in [2.45, 2.75) is 24.6 Å². The average molecular weight is 432 g/mol. The highest BCUT2D eigenvalue weighted by molar-refractivity contribution is 6.03. The molecular weight excluding hydrogens is 413 g/mol. The van der Waals surface area contributed by atoms with Crippen molar-refractivity contribution in [3.8, 4) is 11.1 Å². The Bertz CT molecular complexity index is 1290. The average Bonchev–Trinajstić information content (AvgIpc) is 3.59. The lowest BCUT2D eigenvalue weighted by Crippen LogP contribution is -2.35. The number of carbonyl (C=O) groups is 1. The van der Waals surface area contributed by atoms with Crippen molar-refractivity contribution in [1.29, 1.82) is 0 Å². The van der Waals surface area contributed by atoms with Crippen molar-refractivity contribution in [3.05, 3.63) is 102 Å². The molecule has 3 nitrogen and oxygen atoms in total. The third-order valence-corrected chi connectivity index (χ3v) is 5.92. The number of fused-ring (bicyclic) bond motifs is 1. The lowest BCUT2D eigenvalue weighted by atomic mass is 9.96. The van der Waals surface area contributed by atoms with E-state index < -0.39 is 17.3 Å². The summed E-state index contributed by atoms with van der Waals surface area (Å²) in [6, 6.07) is 21.8. The first-order valence-electron chi connectivity index (χ1n) is 10.3. The van der Waals surface area contributed by atoms with Gasteiger partial charge in [-0.25, -0.2) is 0 Å². The minimum absolute atomic E-state index is 0.171. The van der Waals surface area contributed by atoms with Gasteiger partial charge in [-0.15, -0.1) is 0 Å². The van der Waals surface area contributed by atoms with Crippen LogP contribution in [0.25, 0.3) is 21.9 Å². The summed E-state index contributed by atoms with van der Waals surface area (Å²) >= 11 is 0. The Balaban J connectivity index is 1.44. The van der Waals surface area contributed by atoms with E-state index in [1.165, 1.54) is 12.1 Å². The number of rotatable bonds is 4. The number of carbonyl (C=O) groups excluding carboxylic acids is 1. The Labute approximate surface area is 182 Å². The number of pyridine rings is 1. The third kappa shape index (κ3) is 3.73. The molecule has 1 heterocycles. The fourth-order valence-corrected chi connectivity index (χ4v) is 4.02. The van der Waals surface area contributed by atoms with Gasteiger partial charge in [-0.05, 0) is 71.1 Å². The number of nitrogens with one attached hydrogen (secondary N) is 1. The highest BCUT2D eigenvalue weighted by atomic mass is 19.4. The molecule has 1 N–H and O–H groups in total. The molecule has 1 aliphatic rings. The largest absolute Gasteiger partial charge is 0.416 e. The predicted molar refractivity (Wildman–Crippen MR) is 117 cm³/mol. The molecule has 160 valence electrons. The first kappa shape index (κ1) is 20.2. The normalized spacial score (nSPS) is 14.8. The van der Waals surface area contributed by atoms with Crippen LogP contribution in [-0.4, -0.2) is 10.9 Å². The summed E-state index contributed by atoms with van der Waals surface area (Å²) in [5.74, 6) is -0.171. The SMILES string of the molecule is O=C(NC1(c2ccccn2)CC1)c1ccc2c(-c3ccc(C(F)(F)F)cc3)cccc2c1. The second-order valence-corrected chi connectivity index (χ2v) is 8.07. The van der Waals surface area contributed by atoms with Crippen LogP contribution in [0.1, 0.15) is 34.5 Å². The number of nitrogens with zero attached hydrogens (tertiary/aromatic N) is 1. The summed E-state index contributed by atoms with van der Waals surface area (Å²) in [5.41, 5.74) is 1.81. The van der Waals surface area contributed by atoms with Crippen LogP contribution in [0.4, 0.5) is 13.2 Å². The van der Waals surface area contributed by atoms with Crippen molar-refractivity contribution in [1.82, 2.24) is 10.3 Å². The van der Waals surface area contributed by atoms with E-state index in [2.05, 4.69) is 10.3 Å². The van der Waals surface area contributed by atoms with Gasteiger partial charge in [0.05, 0.1) is 16.8 Å². The molecule has 4 aromatic rings. The molecular formula is C26H19F3N2O. The van der Waals surface area contributed by atoms with Gasteiger partial charge >= 0.3 is 6.18 Å². The number of hydrogen-bond donors (Lipinski definition) is 1. The van der Waals surface area contributed by atoms with E-state index in [9.17, 15) is 18.0 Å². The molecule has 1 aromatic heterocycles. The highest BCUT2D eigenvalue weighted by Gasteiger charge is 2.47. The number of halogens is 3. The van der Waals surface area contributed by atoms with Crippen LogP contribution in [0.5, 0.6) is 0 Å². The van der Waals surface area contributed by atoms with Gasteiger partial charge in [0, 0.05) is 11.8 Å². The van der Waals surface area contributed by atoms with Crippen molar-refractivity contribution in [2.75, 3.05) is 0 Å². The van der Waals surface area contributed by atoms with Crippen molar-refractivity contribution < 1.29 is 18.0 Å². The van der Waals surface area contributed by atoms with Crippen LogP contribution in [0.2, 0.25) is 0 Å². The molecule has 0 spiro atoms. The Kier molecular flexibility index (Phi) is 4.73. The summed E-state index contributed by atoms with van der Waals surface area (Å²) in [4.78, 5) is 17.3. The molecule has 1 saturated carbocycles. The predicted octanol–water partition coefficient (Wildman–Crippen LogP) is 6.34. The minimum Gasteiger partial charge on any atom is -0.341 e. The van der Waals surface area contributed by atoms with Gasteiger partial charge in [0.1, 0.15) is 0 Å². The standard InChI is InChI=1S/C26H19F3N2O/c27-26(28,29)20-10-7-17(8-11-20)21-5-3-4-18-16-19(9-12-22(18)21)24(32)31-25(13-14-25)23-6-1-2-15-30-23/h1-12,15-16H,13-14H2,(H,31,32). The molecule has 0 saturated heterocycles. The molecule has 1 fully saturated rings. The van der Waals surface area contributed by atoms with Crippen LogP contribution in [-0.2, 0) is 11.7 Å². The van der Waals surface area contributed by atoms with Crippen molar-refractivity contribution in [3.63, 3.8) is 0 Å². The molecule has 3 aromatic carbocycles. The van der Waals surface area contributed by atoms with E-state index in [1.807, 2.05) is 48.5 Å². The molecule has 0 unspecified atom stereocenters. The van der Waals surface area contributed by atoms with E-state index >= 15 is 0 Å². The zero-order valence-corrected chi connectivity index (χ0v) is 17.0. The van der Waals surface area contributed by atoms with Crippen LogP contribution in [0, 0.1) is 0 Å². The third-order valence-electron chi connectivity index (χ3n) is 5.92. The van der Waals surface area contributed by atoms with E-state index in [1.54, 1.807) is 12.3 Å². The lowest BCUT2D eigenvalue weighted by Gasteiger charge is -2.17. The van der Waals surface area contributed by atoms with Gasteiger partial charge in [-0.1, -0.05) is 42.5 Å². The van der Waals surface area contributed by atoms with Crippen LogP contribution in [0.3, 0.4) is 0 Å². The zero-order chi connectivity index (χ0) is 22.3. The van der Waals surface area contributed by atoms with Crippen molar-refractivity contribution >= 4 is 16.7 Å². The Morgan fingerprint density at radius 2 is 1.69 bits per heavy atom. The summed E-state index contributed by atoms with van der Waals surface area (Å²) in [5, 5.41) is 4.84. The van der Waals surface area contributed by atoms with Crippen LogP contribution < -0.4 is 5.32 Å². The number of alkyl halides is 3. The van der Waals surface area contributed by atoms with Gasteiger partial charge in [0.15, 0.2) is 0 Å². The first-order valence-corrected chi connectivity index (χ1v) is 10.3. The molecule has 0 bridgehead atoms. The number of hydrogen-bond acceptors (Lipinski definition) is 2. The second-order valence-electron chi connectivity index (χ2n) is 8.07. The quantitative estimate of drug-likeness (QED) is 0.409. The first-order chi connectivity index (χ1) is 15.4. The summed E-state index contributed by atoms with van der Waals surface area (Å²) < 4.78 is 38.7. The maximum Gasteiger partial charge on any atom is 0.416 e. The Morgan fingerprint density at radius 1 is 0.906 bits per heavy atom. The Morgan fingerprint density at radius 3 is 2.34 bits per heavy atom. The van der Waals surface area contributed by atoms with Crippen LogP contribution >= 0.6 is 0 Å². The highest BCUT2D eigenvalue weighted by Crippen LogP contribution is 2.44. The van der Waals surface area contributed by atoms with Crippen LogP contribution in [0.15, 0.2) is 85.1 Å². The molecule has 0 atom stereocenters.